The zero-order chi connectivity index (χ0) is 10.3. The lowest BCUT2D eigenvalue weighted by atomic mass is 10.1. The highest BCUT2D eigenvalue weighted by atomic mass is 16.5. The van der Waals surface area contributed by atoms with E-state index in [1.54, 1.807) is 0 Å². The van der Waals surface area contributed by atoms with Gasteiger partial charge in [0.05, 0.1) is 6.10 Å². The van der Waals surface area contributed by atoms with Crippen molar-refractivity contribution in [3.8, 4) is 0 Å². The molecule has 0 aromatic heterocycles. The van der Waals surface area contributed by atoms with Crippen LogP contribution in [0.3, 0.4) is 0 Å². The fraction of sp³-hybridized carbons (Fsp3) is 0.444. The number of hydrogen-bond acceptors (Lipinski definition) is 4. The average molecular weight is 186 g/mol. The fourth-order valence-electron chi connectivity index (χ4n) is 0.665. The Labute approximate surface area is 77.1 Å². The molecule has 2 N–H and O–H groups in total. The Balaban J connectivity index is 3.72. The van der Waals surface area contributed by atoms with Crippen LogP contribution in [0.25, 0.3) is 0 Å². The largest absolute Gasteiger partial charge is 0.460 e. The van der Waals surface area contributed by atoms with E-state index in [2.05, 4.69) is 17.9 Å². The van der Waals surface area contributed by atoms with E-state index in [-0.39, 0.29) is 13.0 Å². The van der Waals surface area contributed by atoms with E-state index >= 15 is 0 Å². The molecule has 4 heteroatoms. The van der Waals surface area contributed by atoms with Gasteiger partial charge in [-0.05, 0) is 6.42 Å². The van der Waals surface area contributed by atoms with Crippen LogP contribution in [0.4, 0.5) is 0 Å². The summed E-state index contributed by atoms with van der Waals surface area (Å²) in [4.78, 5) is 10.5. The lowest BCUT2D eigenvalue weighted by Gasteiger charge is -2.15. The van der Waals surface area contributed by atoms with Crippen LogP contribution in [0.5, 0.6) is 0 Å². The van der Waals surface area contributed by atoms with Crippen molar-refractivity contribution in [2.24, 2.45) is 0 Å². The summed E-state index contributed by atoms with van der Waals surface area (Å²) in [6, 6.07) is 0. The minimum atomic E-state index is -1.08. The molecule has 0 aromatic rings. The maximum absolute atomic E-state index is 10.5. The Kier molecular flexibility index (Phi) is 5.84. The summed E-state index contributed by atoms with van der Waals surface area (Å²) in [5.74, 6) is -0.621. The molecule has 4 nitrogen and oxygen atoms in total. The highest BCUT2D eigenvalue weighted by Gasteiger charge is 2.15. The summed E-state index contributed by atoms with van der Waals surface area (Å²) in [6.07, 6.45) is 0.694. The third-order valence-electron chi connectivity index (χ3n) is 1.42. The van der Waals surface area contributed by atoms with Gasteiger partial charge in [0.1, 0.15) is 12.7 Å². The van der Waals surface area contributed by atoms with Gasteiger partial charge in [-0.3, -0.25) is 0 Å². The first-order valence-corrected chi connectivity index (χ1v) is 3.88. The molecule has 74 valence electrons. The van der Waals surface area contributed by atoms with Crippen LogP contribution in [-0.4, -0.2) is 35.0 Å². The first-order valence-electron chi connectivity index (χ1n) is 3.88. The maximum Gasteiger partial charge on any atom is 0.330 e. The number of rotatable bonds is 6. The third kappa shape index (κ3) is 5.16. The summed E-state index contributed by atoms with van der Waals surface area (Å²) in [6.45, 7) is 6.35. The van der Waals surface area contributed by atoms with Crippen LogP contribution in [0.2, 0.25) is 0 Å². The van der Waals surface area contributed by atoms with Crippen LogP contribution in [-0.2, 0) is 9.53 Å². The van der Waals surface area contributed by atoms with Crippen LogP contribution in [0.1, 0.15) is 6.42 Å². The fourth-order valence-corrected chi connectivity index (χ4v) is 0.665. The summed E-state index contributed by atoms with van der Waals surface area (Å²) < 4.78 is 4.52. The van der Waals surface area contributed by atoms with Gasteiger partial charge >= 0.3 is 5.97 Å². The predicted molar refractivity (Wildman–Crippen MR) is 48.0 cm³/mol. The van der Waals surface area contributed by atoms with Crippen molar-refractivity contribution < 1.29 is 19.7 Å². The van der Waals surface area contributed by atoms with Crippen LogP contribution >= 0.6 is 0 Å². The zero-order valence-corrected chi connectivity index (χ0v) is 7.35. The standard InChI is InChI=1S/C9H14O4/c1-3-5-7(10)8(11)6-13-9(12)4-2/h3-4,7-8,10-11H,1-2,5-6H2/t7-,8+/m0/s1. The molecule has 0 aliphatic heterocycles. The quantitative estimate of drug-likeness (QED) is 0.348. The normalized spacial score (nSPS) is 14.3. The maximum atomic E-state index is 10.5. The molecule has 0 aliphatic carbocycles. The molecule has 0 fully saturated rings. The van der Waals surface area contributed by atoms with Crippen LogP contribution < -0.4 is 0 Å². The highest BCUT2D eigenvalue weighted by molar-refractivity contribution is 5.81. The Morgan fingerprint density at radius 1 is 1.38 bits per heavy atom. The second-order valence-electron chi connectivity index (χ2n) is 2.49. The predicted octanol–water partition coefficient (Wildman–Crippen LogP) is 0.0135. The van der Waals surface area contributed by atoms with E-state index in [0.717, 1.165) is 6.08 Å². The number of ether oxygens (including phenoxy) is 1. The topological polar surface area (TPSA) is 66.8 Å². The van der Waals surface area contributed by atoms with Gasteiger partial charge in [-0.25, -0.2) is 4.79 Å². The second-order valence-corrected chi connectivity index (χ2v) is 2.49. The van der Waals surface area contributed by atoms with Gasteiger partial charge < -0.3 is 14.9 Å². The summed E-state index contributed by atoms with van der Waals surface area (Å²) in [5, 5.41) is 18.3. The van der Waals surface area contributed by atoms with E-state index in [9.17, 15) is 9.90 Å². The van der Waals surface area contributed by atoms with Crippen LogP contribution in [0, 0.1) is 0 Å². The Hall–Kier alpha value is -1.13. The molecule has 0 radical (unpaired) electrons. The second kappa shape index (κ2) is 6.39. The smallest absolute Gasteiger partial charge is 0.330 e. The highest BCUT2D eigenvalue weighted by Crippen LogP contribution is 2.00. The van der Waals surface area contributed by atoms with Gasteiger partial charge in [0.15, 0.2) is 0 Å². The van der Waals surface area contributed by atoms with E-state index < -0.39 is 18.2 Å². The molecular formula is C9H14O4. The molecule has 0 spiro atoms. The monoisotopic (exact) mass is 186 g/mol. The Morgan fingerprint density at radius 3 is 2.46 bits per heavy atom. The lowest BCUT2D eigenvalue weighted by Crippen LogP contribution is -2.30. The number of carbonyl (C=O) groups is 1. The summed E-state index contributed by atoms with van der Waals surface area (Å²) >= 11 is 0. The molecule has 0 unspecified atom stereocenters. The molecule has 0 aliphatic rings. The molecule has 0 aromatic carbocycles. The van der Waals surface area contributed by atoms with Gasteiger partial charge in [0, 0.05) is 6.08 Å². The molecule has 0 bridgehead atoms. The Morgan fingerprint density at radius 2 is 2.00 bits per heavy atom. The first-order chi connectivity index (χ1) is 6.11. The molecule has 2 atom stereocenters. The van der Waals surface area contributed by atoms with E-state index in [1.165, 1.54) is 6.08 Å². The van der Waals surface area contributed by atoms with Gasteiger partial charge in [-0.1, -0.05) is 12.7 Å². The van der Waals surface area contributed by atoms with Crippen molar-refractivity contribution in [2.45, 2.75) is 18.6 Å². The summed E-state index contributed by atoms with van der Waals surface area (Å²) in [7, 11) is 0. The van der Waals surface area contributed by atoms with Crippen molar-refractivity contribution in [3.05, 3.63) is 25.3 Å². The number of esters is 1. The number of aliphatic hydroxyl groups is 2. The molecular weight excluding hydrogens is 172 g/mol. The van der Waals surface area contributed by atoms with Crippen molar-refractivity contribution in [3.63, 3.8) is 0 Å². The lowest BCUT2D eigenvalue weighted by molar-refractivity contribution is -0.142. The van der Waals surface area contributed by atoms with Gasteiger partial charge in [-0.15, -0.1) is 6.58 Å². The first kappa shape index (κ1) is 11.9. The van der Waals surface area contributed by atoms with Crippen molar-refractivity contribution >= 4 is 5.97 Å². The minimum Gasteiger partial charge on any atom is -0.460 e. The molecule has 0 rings (SSSR count). The van der Waals surface area contributed by atoms with Gasteiger partial charge in [-0.2, -0.15) is 0 Å². The molecule has 0 amide bonds. The van der Waals surface area contributed by atoms with E-state index in [0.29, 0.717) is 0 Å². The van der Waals surface area contributed by atoms with Gasteiger partial charge in [0.25, 0.3) is 0 Å². The number of hydrogen-bond donors (Lipinski definition) is 2. The van der Waals surface area contributed by atoms with E-state index in [1.807, 2.05) is 0 Å². The number of aliphatic hydroxyl groups excluding tert-OH is 2. The molecule has 0 heterocycles. The Bertz CT molecular complexity index is 188. The zero-order valence-electron chi connectivity index (χ0n) is 7.35. The van der Waals surface area contributed by atoms with Gasteiger partial charge in [0.2, 0.25) is 0 Å². The van der Waals surface area contributed by atoms with Crippen molar-refractivity contribution in [1.82, 2.24) is 0 Å². The minimum absolute atomic E-state index is 0.236. The molecule has 0 saturated heterocycles. The van der Waals surface area contributed by atoms with Crippen molar-refractivity contribution in [1.29, 1.82) is 0 Å². The third-order valence-corrected chi connectivity index (χ3v) is 1.42. The summed E-state index contributed by atoms with van der Waals surface area (Å²) in [5.41, 5.74) is 0. The average Bonchev–Trinajstić information content (AvgIpc) is 2.13. The van der Waals surface area contributed by atoms with Crippen molar-refractivity contribution in [2.75, 3.05) is 6.61 Å². The molecule has 0 saturated carbocycles. The number of carbonyl (C=O) groups excluding carboxylic acids is 1. The SMILES string of the molecule is C=CC[C@H](O)[C@H](O)COC(=O)C=C. The van der Waals surface area contributed by atoms with Crippen LogP contribution in [0.15, 0.2) is 25.3 Å². The van der Waals surface area contributed by atoms with E-state index in [4.69, 9.17) is 5.11 Å². The molecule has 13 heavy (non-hydrogen) atoms.